The van der Waals surface area contributed by atoms with Crippen LogP contribution in [0.2, 0.25) is 0 Å². The Balaban J connectivity index is 2.34. The number of benzene rings is 1. The average Bonchev–Trinajstić information content (AvgIpc) is 2.65. The Morgan fingerprint density at radius 2 is 1.95 bits per heavy atom. The van der Waals surface area contributed by atoms with Gasteiger partial charge in [0.25, 0.3) is 0 Å². The van der Waals surface area contributed by atoms with Crippen LogP contribution < -0.4 is 9.03 Å². The number of carbonyl (C=O) groups excluding carboxylic acids is 1. The Hall–Kier alpha value is -1.71. The highest BCUT2D eigenvalue weighted by atomic mass is 32.2. The van der Waals surface area contributed by atoms with Gasteiger partial charge in [0, 0.05) is 6.54 Å². The molecule has 1 heterocycles. The van der Waals surface area contributed by atoms with Crippen molar-refractivity contribution in [3.05, 3.63) is 36.9 Å². The minimum Gasteiger partial charge on any atom is -0.273 e. The van der Waals surface area contributed by atoms with Gasteiger partial charge >= 0.3 is 0 Å². The van der Waals surface area contributed by atoms with E-state index >= 15 is 0 Å². The van der Waals surface area contributed by atoms with Crippen molar-refractivity contribution in [3.63, 3.8) is 0 Å². The van der Waals surface area contributed by atoms with Crippen LogP contribution in [0.15, 0.2) is 41.8 Å². The molecule has 0 aliphatic carbocycles. The fraction of sp³-hybridized carbons (Fsp3) is 0.308. The van der Waals surface area contributed by atoms with E-state index in [1.165, 1.54) is 37.3 Å². The topological polar surface area (TPSA) is 101 Å². The third-order valence-corrected chi connectivity index (χ3v) is 6.47. The number of carbonyl (C=O) groups is 1. The van der Waals surface area contributed by atoms with E-state index in [-0.39, 0.29) is 22.9 Å². The van der Waals surface area contributed by atoms with Crippen LogP contribution >= 0.6 is 0 Å². The molecule has 1 fully saturated rings. The molecule has 22 heavy (non-hydrogen) atoms. The molecule has 0 unspecified atom stereocenters. The van der Waals surface area contributed by atoms with E-state index in [1.807, 2.05) is 0 Å². The van der Waals surface area contributed by atoms with Crippen LogP contribution in [-0.2, 0) is 24.8 Å². The minimum absolute atomic E-state index is 0.0183. The maximum atomic E-state index is 12.0. The van der Waals surface area contributed by atoms with Crippen LogP contribution in [-0.4, -0.2) is 35.0 Å². The lowest BCUT2D eigenvalue weighted by Gasteiger charge is -2.15. The van der Waals surface area contributed by atoms with Crippen LogP contribution in [0.5, 0.6) is 0 Å². The first kappa shape index (κ1) is 16.7. The maximum Gasteiger partial charge on any atom is 0.244 e. The Labute approximate surface area is 129 Å². The number of nitrogens with zero attached hydrogens (tertiary/aromatic N) is 1. The summed E-state index contributed by atoms with van der Waals surface area (Å²) in [7, 11) is -7.39. The molecule has 1 aromatic rings. The summed E-state index contributed by atoms with van der Waals surface area (Å²) in [6, 6.07) is 5.12. The van der Waals surface area contributed by atoms with Gasteiger partial charge in [0.1, 0.15) is 0 Å². The molecule has 1 amide bonds. The van der Waals surface area contributed by atoms with Crippen molar-refractivity contribution in [3.8, 4) is 0 Å². The molecule has 1 atom stereocenters. The van der Waals surface area contributed by atoms with Crippen molar-refractivity contribution >= 4 is 31.6 Å². The van der Waals surface area contributed by atoms with E-state index in [2.05, 4.69) is 11.3 Å². The van der Waals surface area contributed by atoms with E-state index in [1.54, 1.807) is 0 Å². The van der Waals surface area contributed by atoms with Crippen LogP contribution in [0.3, 0.4) is 0 Å². The molecular weight excluding hydrogens is 328 g/mol. The molecule has 0 spiro atoms. The van der Waals surface area contributed by atoms with Gasteiger partial charge in [0.05, 0.1) is 22.3 Å². The number of rotatable bonds is 5. The summed E-state index contributed by atoms with van der Waals surface area (Å²) in [5.74, 6) is -1.37. The van der Waals surface area contributed by atoms with Crippen LogP contribution in [0.4, 0.5) is 5.69 Å². The van der Waals surface area contributed by atoms with Crippen molar-refractivity contribution in [1.82, 2.24) is 4.72 Å². The van der Waals surface area contributed by atoms with Crippen molar-refractivity contribution in [2.75, 3.05) is 16.6 Å². The molecule has 0 radical (unpaired) electrons. The second-order valence-corrected chi connectivity index (χ2v) is 8.55. The highest BCUT2D eigenvalue weighted by Crippen LogP contribution is 2.28. The van der Waals surface area contributed by atoms with E-state index < -0.39 is 31.9 Å². The highest BCUT2D eigenvalue weighted by Gasteiger charge is 2.41. The fourth-order valence-electron chi connectivity index (χ4n) is 2.10. The number of anilines is 1. The smallest absolute Gasteiger partial charge is 0.244 e. The minimum atomic E-state index is -3.70. The molecule has 0 aromatic heterocycles. The zero-order valence-electron chi connectivity index (χ0n) is 11.9. The quantitative estimate of drug-likeness (QED) is 0.782. The first-order valence-electron chi connectivity index (χ1n) is 6.46. The molecule has 1 aliphatic rings. The van der Waals surface area contributed by atoms with Gasteiger partial charge in [-0.2, -0.15) is 0 Å². The summed E-state index contributed by atoms with van der Waals surface area (Å²) in [6.45, 7) is 5.04. The number of hydrogen-bond acceptors (Lipinski definition) is 5. The monoisotopic (exact) mass is 344 g/mol. The molecule has 1 aromatic carbocycles. The van der Waals surface area contributed by atoms with Crippen LogP contribution in [0.25, 0.3) is 0 Å². The number of nitrogens with one attached hydrogen (secondary N) is 1. The summed E-state index contributed by atoms with van der Waals surface area (Å²) >= 11 is 0. The number of hydrogen-bond donors (Lipinski definition) is 1. The lowest BCUT2D eigenvalue weighted by molar-refractivity contribution is -0.119. The third kappa shape index (κ3) is 3.06. The predicted molar refractivity (Wildman–Crippen MR) is 82.3 cm³/mol. The summed E-state index contributed by atoms with van der Waals surface area (Å²) in [5.41, 5.74) is 0.136. The third-order valence-electron chi connectivity index (χ3n) is 3.16. The summed E-state index contributed by atoms with van der Waals surface area (Å²) in [6.07, 6.45) is 1.41. The molecule has 7 nitrogen and oxygen atoms in total. The second-order valence-electron chi connectivity index (χ2n) is 4.92. The van der Waals surface area contributed by atoms with E-state index in [0.717, 1.165) is 4.31 Å². The van der Waals surface area contributed by atoms with Crippen LogP contribution in [0, 0.1) is 5.92 Å². The average molecular weight is 344 g/mol. The molecule has 0 saturated carbocycles. The molecular formula is C13H16N2O5S2. The van der Waals surface area contributed by atoms with Crippen molar-refractivity contribution < 1.29 is 21.6 Å². The Morgan fingerprint density at radius 3 is 2.41 bits per heavy atom. The lowest BCUT2D eigenvalue weighted by Crippen LogP contribution is -2.30. The van der Waals surface area contributed by atoms with Gasteiger partial charge in [-0.15, -0.1) is 6.58 Å². The van der Waals surface area contributed by atoms with Gasteiger partial charge in [0.2, 0.25) is 26.0 Å². The molecule has 2 rings (SSSR count). The molecule has 1 saturated heterocycles. The summed E-state index contributed by atoms with van der Waals surface area (Å²) < 4.78 is 50.8. The van der Waals surface area contributed by atoms with E-state index in [0.29, 0.717) is 0 Å². The Bertz CT molecular complexity index is 797. The first-order valence-corrected chi connectivity index (χ1v) is 9.56. The first-order chi connectivity index (χ1) is 10.2. The predicted octanol–water partition coefficient (Wildman–Crippen LogP) is 0.463. The van der Waals surface area contributed by atoms with Crippen molar-refractivity contribution in [1.29, 1.82) is 0 Å². The zero-order valence-corrected chi connectivity index (χ0v) is 13.5. The lowest BCUT2D eigenvalue weighted by atomic mass is 10.2. The summed E-state index contributed by atoms with van der Waals surface area (Å²) in [5, 5.41) is 0. The van der Waals surface area contributed by atoms with E-state index in [4.69, 9.17) is 0 Å². The highest BCUT2D eigenvalue weighted by molar-refractivity contribution is 7.94. The number of amides is 1. The van der Waals surface area contributed by atoms with Gasteiger partial charge in [0.15, 0.2) is 0 Å². The largest absolute Gasteiger partial charge is 0.273 e. The molecule has 0 bridgehead atoms. The normalized spacial score (nSPS) is 21.0. The zero-order chi connectivity index (χ0) is 16.5. The molecule has 9 heteroatoms. The molecule has 120 valence electrons. The SMILES string of the molecule is C=CCNS(=O)(=O)c1ccc(N2C(=O)[C@H](C)CS2(=O)=O)cc1. The van der Waals surface area contributed by atoms with Gasteiger partial charge < -0.3 is 0 Å². The molecule has 1 N–H and O–H groups in total. The molecule has 1 aliphatic heterocycles. The number of sulfonamides is 2. The fourth-order valence-corrected chi connectivity index (χ4v) is 4.92. The Morgan fingerprint density at radius 1 is 1.36 bits per heavy atom. The van der Waals surface area contributed by atoms with Gasteiger partial charge in [-0.05, 0) is 24.3 Å². The standard InChI is InChI=1S/C13H16N2O5S2/c1-3-8-14-22(19,20)12-6-4-11(5-7-12)15-13(16)10(2)9-21(15,17)18/h3-7,10,14H,1,8-9H2,2H3/t10-/m1/s1. The van der Waals surface area contributed by atoms with Crippen LogP contribution in [0.1, 0.15) is 6.92 Å². The van der Waals surface area contributed by atoms with Crippen molar-refractivity contribution in [2.45, 2.75) is 11.8 Å². The van der Waals surface area contributed by atoms with Gasteiger partial charge in [-0.25, -0.2) is 25.9 Å². The van der Waals surface area contributed by atoms with Gasteiger partial charge in [-0.3, -0.25) is 4.79 Å². The second kappa shape index (κ2) is 5.82. The van der Waals surface area contributed by atoms with Crippen molar-refractivity contribution in [2.24, 2.45) is 5.92 Å². The van der Waals surface area contributed by atoms with Gasteiger partial charge in [-0.1, -0.05) is 13.0 Å². The van der Waals surface area contributed by atoms with E-state index in [9.17, 15) is 21.6 Å². The summed E-state index contributed by atoms with van der Waals surface area (Å²) in [4.78, 5) is 11.9. The Kier molecular flexibility index (Phi) is 4.41. The maximum absolute atomic E-state index is 12.0.